The Hall–Kier alpha value is -0.540. The second kappa shape index (κ2) is 4.99. The first kappa shape index (κ1) is 12.9. The van der Waals surface area contributed by atoms with Gasteiger partial charge in [0.1, 0.15) is 0 Å². The highest BCUT2D eigenvalue weighted by Gasteiger charge is 2.44. The van der Waals surface area contributed by atoms with Crippen LogP contribution >= 0.6 is 15.9 Å². The van der Waals surface area contributed by atoms with E-state index in [0.717, 1.165) is 28.9 Å². The van der Waals surface area contributed by atoms with E-state index in [4.69, 9.17) is 0 Å². The summed E-state index contributed by atoms with van der Waals surface area (Å²) in [4.78, 5) is 0. The zero-order valence-electron chi connectivity index (χ0n) is 10.4. The molecule has 1 fully saturated rings. The summed E-state index contributed by atoms with van der Waals surface area (Å²) in [5, 5.41) is 13.1. The Morgan fingerprint density at radius 1 is 1.41 bits per heavy atom. The number of halogens is 1. The van der Waals surface area contributed by atoms with Crippen molar-refractivity contribution < 1.29 is 5.11 Å². The van der Waals surface area contributed by atoms with Gasteiger partial charge < -0.3 is 10.4 Å². The van der Waals surface area contributed by atoms with Gasteiger partial charge >= 0.3 is 0 Å². The van der Waals surface area contributed by atoms with E-state index in [0.29, 0.717) is 5.92 Å². The minimum absolute atomic E-state index is 0.112. The van der Waals surface area contributed by atoms with Crippen LogP contribution in [0, 0.1) is 11.8 Å². The maximum absolute atomic E-state index is 9.61. The molecule has 2 nitrogen and oxygen atoms in total. The third kappa shape index (κ3) is 2.66. The third-order valence-electron chi connectivity index (χ3n) is 3.83. The van der Waals surface area contributed by atoms with Crippen molar-refractivity contribution in [1.29, 1.82) is 0 Å². The highest BCUT2D eigenvalue weighted by Crippen LogP contribution is 2.44. The molecule has 0 aliphatic heterocycles. The van der Waals surface area contributed by atoms with Crippen LogP contribution in [0.25, 0.3) is 0 Å². The molecule has 0 bridgehead atoms. The molecule has 2 rings (SSSR count). The van der Waals surface area contributed by atoms with E-state index in [1.807, 2.05) is 24.3 Å². The van der Waals surface area contributed by atoms with E-state index >= 15 is 0 Å². The Labute approximate surface area is 112 Å². The second-order valence-electron chi connectivity index (χ2n) is 5.46. The van der Waals surface area contributed by atoms with Crippen LogP contribution in [-0.2, 0) is 0 Å². The predicted octanol–water partition coefficient (Wildman–Crippen LogP) is 3.66. The molecule has 17 heavy (non-hydrogen) atoms. The molecule has 0 saturated heterocycles. The van der Waals surface area contributed by atoms with Crippen LogP contribution in [0.4, 0.5) is 5.69 Å². The van der Waals surface area contributed by atoms with Gasteiger partial charge in [0.15, 0.2) is 0 Å². The van der Waals surface area contributed by atoms with Gasteiger partial charge in [-0.15, -0.1) is 0 Å². The molecule has 2 N–H and O–H groups in total. The van der Waals surface area contributed by atoms with Gasteiger partial charge in [-0.05, 0) is 52.7 Å². The number of aliphatic hydroxyl groups is 1. The number of rotatable bonds is 4. The topological polar surface area (TPSA) is 32.3 Å². The molecular weight excluding hydrogens is 278 g/mol. The summed E-state index contributed by atoms with van der Waals surface area (Å²) < 4.78 is 1.06. The van der Waals surface area contributed by atoms with Crippen molar-refractivity contribution in [1.82, 2.24) is 0 Å². The maximum Gasteiger partial charge on any atom is 0.0661 e. The molecule has 0 unspecified atom stereocenters. The normalized spacial score (nSPS) is 27.9. The maximum atomic E-state index is 9.61. The Bertz CT molecular complexity index is 386. The van der Waals surface area contributed by atoms with E-state index in [1.165, 1.54) is 0 Å². The number of hydrogen-bond donors (Lipinski definition) is 2. The average Bonchev–Trinajstić information content (AvgIpc) is 2.25. The molecule has 0 spiro atoms. The smallest absolute Gasteiger partial charge is 0.0661 e. The monoisotopic (exact) mass is 297 g/mol. The first-order chi connectivity index (χ1) is 8.06. The molecule has 0 aromatic heterocycles. The number of aliphatic hydroxyl groups excluding tert-OH is 1. The lowest BCUT2D eigenvalue weighted by Crippen LogP contribution is -2.54. The third-order valence-corrected chi connectivity index (χ3v) is 4.52. The minimum Gasteiger partial charge on any atom is -0.394 e. The highest BCUT2D eigenvalue weighted by atomic mass is 79.9. The zero-order chi connectivity index (χ0) is 12.5. The minimum atomic E-state index is -0.112. The van der Waals surface area contributed by atoms with Gasteiger partial charge in [-0.2, -0.15) is 0 Å². The lowest BCUT2D eigenvalue weighted by atomic mass is 9.64. The van der Waals surface area contributed by atoms with Crippen molar-refractivity contribution in [3.05, 3.63) is 28.7 Å². The molecule has 94 valence electrons. The van der Waals surface area contributed by atoms with Gasteiger partial charge in [0.2, 0.25) is 0 Å². The fourth-order valence-electron chi connectivity index (χ4n) is 2.53. The van der Waals surface area contributed by atoms with E-state index in [2.05, 4.69) is 35.1 Å². The summed E-state index contributed by atoms with van der Waals surface area (Å²) in [6, 6.07) is 8.07. The summed E-state index contributed by atoms with van der Waals surface area (Å²) in [5.74, 6) is 1.44. The van der Waals surface area contributed by atoms with Gasteiger partial charge in [0.25, 0.3) is 0 Å². The highest BCUT2D eigenvalue weighted by molar-refractivity contribution is 9.10. The molecule has 1 aliphatic rings. The molecule has 1 aliphatic carbocycles. The number of nitrogens with one attached hydrogen (secondary N) is 1. The Balaban J connectivity index is 2.05. The van der Waals surface area contributed by atoms with Crippen molar-refractivity contribution in [3.8, 4) is 0 Å². The number of hydrogen-bond acceptors (Lipinski definition) is 2. The van der Waals surface area contributed by atoms with Crippen molar-refractivity contribution in [3.63, 3.8) is 0 Å². The quantitative estimate of drug-likeness (QED) is 0.889. The lowest BCUT2D eigenvalue weighted by molar-refractivity contribution is 0.0647. The molecule has 1 aromatic carbocycles. The molecule has 0 radical (unpaired) electrons. The first-order valence-electron chi connectivity index (χ1n) is 6.20. The largest absolute Gasteiger partial charge is 0.394 e. The molecule has 3 heteroatoms. The molecule has 0 amide bonds. The Morgan fingerprint density at radius 3 is 2.59 bits per heavy atom. The van der Waals surface area contributed by atoms with Crippen molar-refractivity contribution in [2.24, 2.45) is 11.8 Å². The average molecular weight is 298 g/mol. The van der Waals surface area contributed by atoms with Crippen LogP contribution in [0.15, 0.2) is 28.7 Å². The van der Waals surface area contributed by atoms with Gasteiger partial charge in [-0.1, -0.05) is 26.0 Å². The standard InChI is InChI=1S/C14H20BrNO/c1-10(2)11-7-14(8-11,9-17)16-13-6-4-3-5-12(13)15/h3-6,10-11,16-17H,7-9H2,1-2H3. The lowest BCUT2D eigenvalue weighted by Gasteiger charge is -2.49. The summed E-state index contributed by atoms with van der Waals surface area (Å²) in [5.41, 5.74) is 0.961. The molecule has 1 aromatic rings. The van der Waals surface area contributed by atoms with Crippen LogP contribution in [0.2, 0.25) is 0 Å². The van der Waals surface area contributed by atoms with Crippen LogP contribution in [-0.4, -0.2) is 17.3 Å². The van der Waals surface area contributed by atoms with E-state index < -0.39 is 0 Å². The van der Waals surface area contributed by atoms with Crippen LogP contribution in [0.1, 0.15) is 26.7 Å². The number of para-hydroxylation sites is 1. The fourth-order valence-corrected chi connectivity index (χ4v) is 2.92. The van der Waals surface area contributed by atoms with Crippen LogP contribution in [0.5, 0.6) is 0 Å². The number of benzene rings is 1. The van der Waals surface area contributed by atoms with Crippen LogP contribution < -0.4 is 5.32 Å². The van der Waals surface area contributed by atoms with Crippen molar-refractivity contribution in [2.45, 2.75) is 32.2 Å². The summed E-state index contributed by atoms with van der Waals surface area (Å²) in [6.45, 7) is 4.71. The SMILES string of the molecule is CC(C)C1CC(CO)(Nc2ccccc2Br)C1. The second-order valence-corrected chi connectivity index (χ2v) is 6.31. The molecule has 1 saturated carbocycles. The van der Waals surface area contributed by atoms with Gasteiger partial charge in [-0.3, -0.25) is 0 Å². The van der Waals surface area contributed by atoms with Crippen molar-refractivity contribution in [2.75, 3.05) is 11.9 Å². The van der Waals surface area contributed by atoms with E-state index in [-0.39, 0.29) is 12.1 Å². The van der Waals surface area contributed by atoms with E-state index in [9.17, 15) is 5.11 Å². The fraction of sp³-hybridized carbons (Fsp3) is 0.571. The Kier molecular flexibility index (Phi) is 3.79. The summed E-state index contributed by atoms with van der Waals surface area (Å²) >= 11 is 3.53. The first-order valence-corrected chi connectivity index (χ1v) is 6.99. The number of anilines is 1. The van der Waals surface area contributed by atoms with Crippen molar-refractivity contribution >= 4 is 21.6 Å². The van der Waals surface area contributed by atoms with Crippen LogP contribution in [0.3, 0.4) is 0 Å². The summed E-state index contributed by atoms with van der Waals surface area (Å²) in [7, 11) is 0. The molecular formula is C14H20BrNO. The zero-order valence-corrected chi connectivity index (χ0v) is 12.0. The Morgan fingerprint density at radius 2 is 2.06 bits per heavy atom. The van der Waals surface area contributed by atoms with Gasteiger partial charge in [-0.25, -0.2) is 0 Å². The van der Waals surface area contributed by atoms with Gasteiger partial charge in [0.05, 0.1) is 12.1 Å². The molecule has 0 atom stereocenters. The molecule has 0 heterocycles. The summed E-state index contributed by atoms with van der Waals surface area (Å²) in [6.07, 6.45) is 2.12. The predicted molar refractivity (Wildman–Crippen MR) is 75.1 cm³/mol. The van der Waals surface area contributed by atoms with E-state index in [1.54, 1.807) is 0 Å². The van der Waals surface area contributed by atoms with Gasteiger partial charge in [0, 0.05) is 10.2 Å².